The van der Waals surface area contributed by atoms with Crippen LogP contribution >= 0.6 is 0 Å². The minimum absolute atomic E-state index is 0.157. The highest BCUT2D eigenvalue weighted by Gasteiger charge is 2.10. The molecule has 3 aromatic rings. The Bertz CT molecular complexity index is 928. The molecule has 0 aliphatic carbocycles. The Hall–Kier alpha value is -3.41. The van der Waals surface area contributed by atoms with E-state index in [4.69, 9.17) is 4.42 Å². The number of nitrogens with one attached hydrogen (secondary N) is 1. The molecule has 1 aromatic heterocycles. The summed E-state index contributed by atoms with van der Waals surface area (Å²) in [7, 11) is 1.32. The van der Waals surface area contributed by atoms with Crippen molar-refractivity contribution in [3.8, 4) is 11.3 Å². The van der Waals surface area contributed by atoms with Crippen molar-refractivity contribution in [1.29, 1.82) is 0 Å². The van der Waals surface area contributed by atoms with Crippen molar-refractivity contribution in [2.24, 2.45) is 0 Å². The van der Waals surface area contributed by atoms with Gasteiger partial charge in [-0.2, -0.15) is 0 Å². The average molecular weight is 364 g/mol. The van der Waals surface area contributed by atoms with Gasteiger partial charge in [0.15, 0.2) is 11.7 Å². The van der Waals surface area contributed by atoms with Crippen LogP contribution < -0.4 is 5.32 Å². The van der Waals surface area contributed by atoms with Gasteiger partial charge in [0.1, 0.15) is 0 Å². The Labute approximate surface area is 157 Å². The fraction of sp³-hybridized carbons (Fsp3) is 0.190. The van der Waals surface area contributed by atoms with Crippen LogP contribution in [0.15, 0.2) is 59.1 Å². The van der Waals surface area contributed by atoms with Gasteiger partial charge >= 0.3 is 5.97 Å². The number of carbonyl (C=O) groups is 2. The lowest BCUT2D eigenvalue weighted by molar-refractivity contribution is -0.116. The first-order valence-electron chi connectivity index (χ1n) is 8.55. The average Bonchev–Trinajstić information content (AvgIpc) is 3.16. The second-order valence-electron chi connectivity index (χ2n) is 6.10. The van der Waals surface area contributed by atoms with Crippen LogP contribution in [0.3, 0.4) is 0 Å². The topological polar surface area (TPSA) is 81.4 Å². The van der Waals surface area contributed by atoms with Crippen molar-refractivity contribution < 1.29 is 18.7 Å². The van der Waals surface area contributed by atoms with Crippen molar-refractivity contribution in [3.05, 3.63) is 71.7 Å². The summed E-state index contributed by atoms with van der Waals surface area (Å²) in [6.45, 7) is 2.02. The predicted octanol–water partition coefficient (Wildman–Crippen LogP) is 4.01. The molecule has 2 aromatic carbocycles. The number of hydrogen-bond acceptors (Lipinski definition) is 5. The number of nitrogens with zero attached hydrogens (tertiary/aromatic N) is 1. The fourth-order valence-electron chi connectivity index (χ4n) is 2.53. The smallest absolute Gasteiger partial charge is 0.337 e. The van der Waals surface area contributed by atoms with Crippen molar-refractivity contribution >= 4 is 17.6 Å². The maximum Gasteiger partial charge on any atom is 0.337 e. The molecule has 0 fully saturated rings. The summed E-state index contributed by atoms with van der Waals surface area (Å²) < 4.78 is 10.4. The molecule has 27 heavy (non-hydrogen) atoms. The molecular formula is C21H20N2O4. The number of aryl methyl sites for hydroxylation is 2. The Morgan fingerprint density at radius 3 is 2.44 bits per heavy atom. The van der Waals surface area contributed by atoms with Gasteiger partial charge in [-0.25, -0.2) is 9.78 Å². The third-order valence-corrected chi connectivity index (χ3v) is 4.05. The molecule has 138 valence electrons. The van der Waals surface area contributed by atoms with Crippen LogP contribution in [0.25, 0.3) is 11.3 Å². The van der Waals surface area contributed by atoms with E-state index in [0.717, 1.165) is 5.56 Å². The first-order valence-corrected chi connectivity index (χ1v) is 8.55. The summed E-state index contributed by atoms with van der Waals surface area (Å²) in [4.78, 5) is 27.7. The van der Waals surface area contributed by atoms with Crippen molar-refractivity contribution in [1.82, 2.24) is 4.98 Å². The van der Waals surface area contributed by atoms with E-state index < -0.39 is 5.97 Å². The monoisotopic (exact) mass is 364 g/mol. The zero-order chi connectivity index (χ0) is 19.2. The van der Waals surface area contributed by atoms with Gasteiger partial charge in [0, 0.05) is 24.1 Å². The van der Waals surface area contributed by atoms with Crippen LogP contribution in [0.5, 0.6) is 0 Å². The Morgan fingerprint density at radius 1 is 1.07 bits per heavy atom. The van der Waals surface area contributed by atoms with Gasteiger partial charge in [0.05, 0.1) is 18.9 Å². The third kappa shape index (κ3) is 4.82. The molecule has 6 heteroatoms. The lowest BCUT2D eigenvalue weighted by Crippen LogP contribution is -2.12. The first kappa shape index (κ1) is 18.4. The van der Waals surface area contributed by atoms with Crippen molar-refractivity contribution in [3.63, 3.8) is 0 Å². The van der Waals surface area contributed by atoms with Gasteiger partial charge in [-0.1, -0.05) is 29.8 Å². The second-order valence-corrected chi connectivity index (χ2v) is 6.10. The van der Waals surface area contributed by atoms with Crippen LogP contribution in [0.1, 0.15) is 28.2 Å². The van der Waals surface area contributed by atoms with Gasteiger partial charge in [0.2, 0.25) is 5.91 Å². The normalized spacial score (nSPS) is 10.4. The molecule has 0 aliphatic heterocycles. The number of benzene rings is 2. The highest BCUT2D eigenvalue weighted by atomic mass is 16.5. The maximum atomic E-state index is 12.1. The quantitative estimate of drug-likeness (QED) is 0.669. The SMILES string of the molecule is COC(=O)c1ccc(NC(=O)CCc2ncc(-c3ccc(C)cc3)o2)cc1. The fourth-order valence-corrected chi connectivity index (χ4v) is 2.53. The number of ether oxygens (including phenoxy) is 1. The number of esters is 1. The zero-order valence-electron chi connectivity index (χ0n) is 15.2. The number of carbonyl (C=O) groups excluding carboxylic acids is 2. The number of amides is 1. The number of methoxy groups -OCH3 is 1. The van der Waals surface area contributed by atoms with Gasteiger partial charge in [0.25, 0.3) is 0 Å². The lowest BCUT2D eigenvalue weighted by atomic mass is 10.1. The predicted molar refractivity (Wildman–Crippen MR) is 101 cm³/mol. The molecule has 1 heterocycles. The van der Waals surface area contributed by atoms with E-state index in [1.54, 1.807) is 30.5 Å². The number of oxazole rings is 1. The molecule has 0 unspecified atom stereocenters. The molecule has 6 nitrogen and oxygen atoms in total. The zero-order valence-corrected chi connectivity index (χ0v) is 15.2. The highest BCUT2D eigenvalue weighted by Crippen LogP contribution is 2.21. The molecule has 1 N–H and O–H groups in total. The molecule has 0 aliphatic rings. The molecule has 0 spiro atoms. The third-order valence-electron chi connectivity index (χ3n) is 4.05. The second kappa shape index (κ2) is 8.31. The lowest BCUT2D eigenvalue weighted by Gasteiger charge is -2.05. The summed E-state index contributed by atoms with van der Waals surface area (Å²) in [5.74, 6) is 0.627. The largest absolute Gasteiger partial charge is 0.465 e. The number of hydrogen-bond donors (Lipinski definition) is 1. The van der Waals surface area contributed by atoms with E-state index in [9.17, 15) is 9.59 Å². The molecular weight excluding hydrogens is 344 g/mol. The van der Waals surface area contributed by atoms with E-state index in [1.807, 2.05) is 31.2 Å². The minimum atomic E-state index is -0.416. The van der Waals surface area contributed by atoms with Gasteiger partial charge in [-0.05, 0) is 31.2 Å². The standard InChI is InChI=1S/C21H20N2O4/c1-14-3-5-15(6-4-14)18-13-22-20(27-18)12-11-19(24)23-17-9-7-16(8-10-17)21(25)26-2/h3-10,13H,11-12H2,1-2H3,(H,23,24). The van der Waals surface area contributed by atoms with E-state index in [2.05, 4.69) is 15.0 Å². The van der Waals surface area contributed by atoms with Crippen molar-refractivity contribution in [2.45, 2.75) is 19.8 Å². The number of anilines is 1. The molecule has 0 radical (unpaired) electrons. The summed E-state index contributed by atoms with van der Waals surface area (Å²) in [5.41, 5.74) is 3.17. The summed E-state index contributed by atoms with van der Waals surface area (Å²) in [6, 6.07) is 14.5. The van der Waals surface area contributed by atoms with E-state index in [0.29, 0.717) is 29.3 Å². The summed E-state index contributed by atoms with van der Waals surface area (Å²) >= 11 is 0. The van der Waals surface area contributed by atoms with Gasteiger partial charge < -0.3 is 14.5 Å². The van der Waals surface area contributed by atoms with Crippen LogP contribution in [-0.4, -0.2) is 24.0 Å². The molecule has 0 bridgehead atoms. The first-order chi connectivity index (χ1) is 13.0. The molecule has 0 atom stereocenters. The number of aromatic nitrogens is 1. The molecule has 3 rings (SSSR count). The van der Waals surface area contributed by atoms with Gasteiger partial charge in [-0.15, -0.1) is 0 Å². The van der Waals surface area contributed by atoms with E-state index in [1.165, 1.54) is 12.7 Å². The number of rotatable bonds is 6. The Morgan fingerprint density at radius 2 is 1.78 bits per heavy atom. The van der Waals surface area contributed by atoms with Crippen LogP contribution in [0, 0.1) is 6.92 Å². The van der Waals surface area contributed by atoms with Gasteiger partial charge in [-0.3, -0.25) is 4.79 Å². The summed E-state index contributed by atoms with van der Waals surface area (Å²) in [6.07, 6.45) is 2.31. The minimum Gasteiger partial charge on any atom is -0.465 e. The summed E-state index contributed by atoms with van der Waals surface area (Å²) in [5, 5.41) is 2.78. The van der Waals surface area contributed by atoms with Crippen molar-refractivity contribution in [2.75, 3.05) is 12.4 Å². The highest BCUT2D eigenvalue weighted by molar-refractivity contribution is 5.93. The van der Waals surface area contributed by atoms with Crippen LogP contribution in [0.2, 0.25) is 0 Å². The van der Waals surface area contributed by atoms with E-state index in [-0.39, 0.29) is 12.3 Å². The van der Waals surface area contributed by atoms with E-state index >= 15 is 0 Å². The maximum absolute atomic E-state index is 12.1. The Kier molecular flexibility index (Phi) is 5.66. The molecule has 0 saturated carbocycles. The molecule has 1 amide bonds. The Balaban J connectivity index is 1.53. The van der Waals surface area contributed by atoms with Crippen LogP contribution in [-0.2, 0) is 16.0 Å². The molecule has 0 saturated heterocycles. The van der Waals surface area contributed by atoms with Crippen LogP contribution in [0.4, 0.5) is 5.69 Å².